The normalized spacial score (nSPS) is 20.4. The minimum Gasteiger partial charge on any atom is -0.495 e. The zero-order chi connectivity index (χ0) is 19.8. The molecular weight excluding hydrogens is 476 g/mol. The average Bonchev–Trinajstić information content (AvgIpc) is 2.64. The van der Waals surface area contributed by atoms with Crippen LogP contribution in [0.4, 0.5) is 10.1 Å². The Morgan fingerprint density at radius 3 is 2.48 bits per heavy atom. The first kappa shape index (κ1) is 20.5. The van der Waals surface area contributed by atoms with Crippen LogP contribution in [0.1, 0.15) is 26.3 Å². The molecule has 2 aromatic rings. The van der Waals surface area contributed by atoms with Crippen molar-refractivity contribution in [1.29, 1.82) is 0 Å². The molecule has 0 saturated carbocycles. The molecule has 3 rings (SSSR count). The van der Waals surface area contributed by atoms with E-state index in [1.165, 1.54) is 17.8 Å². The van der Waals surface area contributed by atoms with Crippen molar-refractivity contribution < 1.29 is 9.13 Å². The van der Waals surface area contributed by atoms with Gasteiger partial charge < -0.3 is 9.64 Å². The molecule has 0 bridgehead atoms. The fourth-order valence-corrected chi connectivity index (χ4v) is 4.26. The van der Waals surface area contributed by atoms with Gasteiger partial charge in [-0.1, -0.05) is 67.1 Å². The van der Waals surface area contributed by atoms with Gasteiger partial charge in [0.05, 0.1) is 12.1 Å². The molecule has 2 unspecified atom stereocenters. The molecule has 0 saturated heterocycles. The number of benzene rings is 2. The third kappa shape index (κ3) is 4.11. The number of anilines is 1. The summed E-state index contributed by atoms with van der Waals surface area (Å²) in [4.78, 5) is 2.31. The highest BCUT2D eigenvalue weighted by molar-refractivity contribution is 14.1. The maximum absolute atomic E-state index is 13.4. The Balaban J connectivity index is 2.08. The van der Waals surface area contributed by atoms with Crippen molar-refractivity contribution in [2.45, 2.75) is 30.1 Å². The summed E-state index contributed by atoms with van der Waals surface area (Å²) in [6.07, 6.45) is 2.33. The van der Waals surface area contributed by atoms with Crippen LogP contribution in [-0.4, -0.2) is 17.6 Å². The van der Waals surface area contributed by atoms with E-state index in [1.807, 2.05) is 24.3 Å². The predicted octanol–water partition coefficient (Wildman–Crippen LogP) is 6.61. The van der Waals surface area contributed by atoms with E-state index in [0.717, 1.165) is 17.8 Å². The Bertz CT molecular complexity index is 850. The van der Waals surface area contributed by atoms with Gasteiger partial charge in [-0.25, -0.2) is 4.39 Å². The van der Waals surface area contributed by atoms with Crippen molar-refractivity contribution in [1.82, 2.24) is 0 Å². The second kappa shape index (κ2) is 8.00. The number of methoxy groups -OCH3 is 1. The SMILES string of the molecule is COc1cc(C(C)(C)C2=CC(I)C(C)CN2c2ccc(F)cc2)ccc1Cl. The van der Waals surface area contributed by atoms with Crippen molar-refractivity contribution in [3.8, 4) is 5.75 Å². The van der Waals surface area contributed by atoms with Crippen LogP contribution < -0.4 is 9.64 Å². The molecule has 0 N–H and O–H groups in total. The summed E-state index contributed by atoms with van der Waals surface area (Å²) in [6, 6.07) is 12.7. The van der Waals surface area contributed by atoms with Crippen LogP contribution >= 0.6 is 34.2 Å². The predicted molar refractivity (Wildman–Crippen MR) is 120 cm³/mol. The summed E-state index contributed by atoms with van der Waals surface area (Å²) in [7, 11) is 1.63. The molecule has 0 fully saturated rings. The number of hydrogen-bond acceptors (Lipinski definition) is 2. The fraction of sp³-hybridized carbons (Fsp3) is 0.364. The molecule has 1 aliphatic rings. The van der Waals surface area contributed by atoms with Crippen LogP contribution in [-0.2, 0) is 5.41 Å². The molecule has 0 spiro atoms. The maximum Gasteiger partial charge on any atom is 0.137 e. The van der Waals surface area contributed by atoms with Gasteiger partial charge in [0.25, 0.3) is 0 Å². The molecule has 1 heterocycles. The summed E-state index contributed by atoms with van der Waals surface area (Å²) in [5.41, 5.74) is 3.07. The molecule has 0 aliphatic carbocycles. The minimum atomic E-state index is -0.268. The molecule has 0 amide bonds. The average molecular weight is 500 g/mol. The van der Waals surface area contributed by atoms with Gasteiger partial charge in [0.2, 0.25) is 0 Å². The summed E-state index contributed by atoms with van der Waals surface area (Å²) >= 11 is 8.73. The van der Waals surface area contributed by atoms with Gasteiger partial charge in [-0.2, -0.15) is 0 Å². The summed E-state index contributed by atoms with van der Waals surface area (Å²) in [6.45, 7) is 7.55. The maximum atomic E-state index is 13.4. The lowest BCUT2D eigenvalue weighted by atomic mass is 9.78. The van der Waals surface area contributed by atoms with Crippen molar-refractivity contribution in [2.24, 2.45) is 5.92 Å². The van der Waals surface area contributed by atoms with E-state index in [0.29, 0.717) is 20.6 Å². The molecule has 2 aromatic carbocycles. The fourth-order valence-electron chi connectivity index (χ4n) is 3.50. The third-order valence-corrected chi connectivity index (χ3v) is 7.17. The van der Waals surface area contributed by atoms with Crippen LogP contribution in [0.15, 0.2) is 54.2 Å². The van der Waals surface area contributed by atoms with Crippen molar-refractivity contribution in [3.63, 3.8) is 0 Å². The molecule has 0 aromatic heterocycles. The molecule has 2 atom stereocenters. The summed E-state index contributed by atoms with van der Waals surface area (Å²) < 4.78 is 19.3. The Kier molecular flexibility index (Phi) is 6.06. The summed E-state index contributed by atoms with van der Waals surface area (Å²) in [5, 5.41) is 0.602. The minimum absolute atomic E-state index is 0.220. The highest BCUT2D eigenvalue weighted by atomic mass is 127. The number of halogens is 3. The van der Waals surface area contributed by atoms with E-state index in [9.17, 15) is 4.39 Å². The van der Waals surface area contributed by atoms with Crippen molar-refractivity contribution in [3.05, 3.63) is 70.6 Å². The van der Waals surface area contributed by atoms with Gasteiger partial charge in [-0.3, -0.25) is 0 Å². The van der Waals surface area contributed by atoms with Gasteiger partial charge in [-0.05, 0) is 47.9 Å². The van der Waals surface area contributed by atoms with Crippen LogP contribution in [0.3, 0.4) is 0 Å². The lowest BCUT2D eigenvalue weighted by molar-refractivity contribution is 0.413. The van der Waals surface area contributed by atoms with Gasteiger partial charge in [-0.15, -0.1) is 0 Å². The second-order valence-corrected chi connectivity index (χ2v) is 9.38. The quantitative estimate of drug-likeness (QED) is 0.347. The van der Waals surface area contributed by atoms with Gasteiger partial charge in [0.1, 0.15) is 11.6 Å². The van der Waals surface area contributed by atoms with E-state index in [-0.39, 0.29) is 11.2 Å². The first-order valence-electron chi connectivity index (χ1n) is 8.97. The number of hydrogen-bond donors (Lipinski definition) is 0. The molecular formula is C22H24ClFINO. The highest BCUT2D eigenvalue weighted by Gasteiger charge is 2.36. The molecule has 2 nitrogen and oxygen atoms in total. The number of alkyl halides is 1. The number of ether oxygens (including phenoxy) is 1. The van der Waals surface area contributed by atoms with E-state index in [2.05, 4.69) is 60.4 Å². The molecule has 1 aliphatic heterocycles. The second-order valence-electron chi connectivity index (χ2n) is 7.53. The summed E-state index contributed by atoms with van der Waals surface area (Å²) in [5.74, 6) is 0.948. The largest absolute Gasteiger partial charge is 0.495 e. The molecule has 144 valence electrons. The van der Waals surface area contributed by atoms with Crippen LogP contribution in [0.2, 0.25) is 5.02 Å². The Morgan fingerprint density at radius 1 is 1.19 bits per heavy atom. The van der Waals surface area contributed by atoms with Gasteiger partial charge in [0.15, 0.2) is 0 Å². The van der Waals surface area contributed by atoms with E-state index in [1.54, 1.807) is 7.11 Å². The van der Waals surface area contributed by atoms with Crippen molar-refractivity contribution >= 4 is 39.9 Å². The Hall–Kier alpha value is -1.27. The highest BCUT2D eigenvalue weighted by Crippen LogP contribution is 2.42. The van der Waals surface area contributed by atoms with E-state index >= 15 is 0 Å². The smallest absolute Gasteiger partial charge is 0.137 e. The topological polar surface area (TPSA) is 12.5 Å². The first-order chi connectivity index (χ1) is 12.7. The van der Waals surface area contributed by atoms with E-state index < -0.39 is 0 Å². The standard InChI is InChI=1S/C22H24ClFINO/c1-14-13-26(17-8-6-16(24)7-9-17)21(12-19(14)25)22(2,3)15-5-10-18(23)20(11-15)27-4/h5-12,14,19H,13H2,1-4H3. The lowest BCUT2D eigenvalue weighted by Crippen LogP contribution is -2.42. The van der Waals surface area contributed by atoms with Gasteiger partial charge >= 0.3 is 0 Å². The van der Waals surface area contributed by atoms with Crippen LogP contribution in [0.25, 0.3) is 0 Å². The Morgan fingerprint density at radius 2 is 1.85 bits per heavy atom. The third-order valence-electron chi connectivity index (χ3n) is 5.27. The molecule has 27 heavy (non-hydrogen) atoms. The lowest BCUT2D eigenvalue weighted by Gasteiger charge is -2.43. The molecule has 5 heteroatoms. The zero-order valence-corrected chi connectivity index (χ0v) is 18.9. The van der Waals surface area contributed by atoms with Crippen LogP contribution in [0, 0.1) is 11.7 Å². The van der Waals surface area contributed by atoms with Gasteiger partial charge in [0, 0.05) is 27.3 Å². The number of allylic oxidation sites excluding steroid dienone is 2. The Labute approximate surface area is 179 Å². The first-order valence-corrected chi connectivity index (χ1v) is 10.6. The monoisotopic (exact) mass is 499 g/mol. The molecule has 0 radical (unpaired) electrons. The number of nitrogens with zero attached hydrogens (tertiary/aromatic N) is 1. The zero-order valence-electron chi connectivity index (χ0n) is 16.0. The van der Waals surface area contributed by atoms with Crippen LogP contribution in [0.5, 0.6) is 5.75 Å². The van der Waals surface area contributed by atoms with Crippen molar-refractivity contribution in [2.75, 3.05) is 18.6 Å². The number of rotatable bonds is 4. The van der Waals surface area contributed by atoms with E-state index in [4.69, 9.17) is 16.3 Å².